The predicted octanol–water partition coefficient (Wildman–Crippen LogP) is -0.643. The predicted molar refractivity (Wildman–Crippen MR) is 75.5 cm³/mol. The molecule has 1 rings (SSSR count). The summed E-state index contributed by atoms with van der Waals surface area (Å²) >= 11 is 0. The van der Waals surface area contributed by atoms with Crippen LogP contribution in [0.3, 0.4) is 0 Å². The van der Waals surface area contributed by atoms with Gasteiger partial charge < -0.3 is 10.4 Å². The zero-order valence-corrected chi connectivity index (χ0v) is 11.8. The van der Waals surface area contributed by atoms with Crippen molar-refractivity contribution in [3.63, 3.8) is 0 Å². The molecule has 0 saturated carbocycles. The fourth-order valence-corrected chi connectivity index (χ4v) is 1.88. The van der Waals surface area contributed by atoms with Crippen LogP contribution in [-0.4, -0.2) is 38.3 Å². The van der Waals surface area contributed by atoms with E-state index in [-0.39, 0.29) is 18.9 Å². The van der Waals surface area contributed by atoms with Crippen LogP contribution in [-0.2, 0) is 10.0 Å². The Kier molecular flexibility index (Phi) is 5.70. The number of nitrogens with two attached hydrogens (primary N) is 1. The molecule has 4 N–H and O–H groups in total. The van der Waals surface area contributed by atoms with Crippen molar-refractivity contribution < 1.29 is 18.3 Å². The Balaban J connectivity index is 2.87. The van der Waals surface area contributed by atoms with E-state index in [1.165, 1.54) is 0 Å². The zero-order chi connectivity index (χ0) is 15.2. The summed E-state index contributed by atoms with van der Waals surface area (Å²) in [6.07, 6.45) is 0. The second-order valence-corrected chi connectivity index (χ2v) is 5.87. The van der Waals surface area contributed by atoms with Crippen molar-refractivity contribution in [2.75, 3.05) is 18.9 Å². The lowest BCUT2D eigenvalue weighted by Crippen LogP contribution is -2.31. The minimum atomic E-state index is -3.61. The maximum atomic E-state index is 11.9. The summed E-state index contributed by atoms with van der Waals surface area (Å²) in [6, 6.07) is 5.07. The number of benzene rings is 1. The number of carbonyl (C=O) groups is 1. The summed E-state index contributed by atoms with van der Waals surface area (Å²) in [7, 11) is -3.61. The highest BCUT2D eigenvalue weighted by molar-refractivity contribution is 7.89. The second-order valence-electron chi connectivity index (χ2n) is 4.13. The van der Waals surface area contributed by atoms with Crippen molar-refractivity contribution in [3.05, 3.63) is 34.9 Å². The number of carbonyl (C=O) groups excluding carboxylic acids is 1. The largest absolute Gasteiger partial charge is 0.384 e. The molecule has 1 amide bonds. The highest BCUT2D eigenvalue weighted by atomic mass is 32.2. The van der Waals surface area contributed by atoms with Gasteiger partial charge in [0.15, 0.2) is 0 Å². The van der Waals surface area contributed by atoms with E-state index in [4.69, 9.17) is 10.2 Å². The van der Waals surface area contributed by atoms with Gasteiger partial charge in [-0.15, -0.1) is 0 Å². The first-order chi connectivity index (χ1) is 9.33. The number of aryl methyl sites for hydroxylation is 1. The summed E-state index contributed by atoms with van der Waals surface area (Å²) in [4.78, 5) is 11.9. The highest BCUT2D eigenvalue weighted by Crippen LogP contribution is 2.10. The van der Waals surface area contributed by atoms with Gasteiger partial charge in [0.1, 0.15) is 6.61 Å². The van der Waals surface area contributed by atoms with Gasteiger partial charge in [-0.05, 0) is 24.6 Å². The summed E-state index contributed by atoms with van der Waals surface area (Å²) < 4.78 is 21.6. The summed E-state index contributed by atoms with van der Waals surface area (Å²) in [5, 5.41) is 16.0. The van der Waals surface area contributed by atoms with E-state index in [0.717, 1.165) is 5.56 Å². The van der Waals surface area contributed by atoms with Crippen LogP contribution in [0.4, 0.5) is 0 Å². The third kappa shape index (κ3) is 5.40. The van der Waals surface area contributed by atoms with Crippen molar-refractivity contribution >= 4 is 15.9 Å². The fourth-order valence-electron chi connectivity index (χ4n) is 1.50. The molecule has 0 saturated heterocycles. The molecule has 0 heterocycles. The smallest absolute Gasteiger partial charge is 0.252 e. The van der Waals surface area contributed by atoms with Gasteiger partial charge in [0.2, 0.25) is 10.0 Å². The Bertz CT molecular complexity index is 657. The van der Waals surface area contributed by atoms with Crippen LogP contribution in [0.25, 0.3) is 0 Å². The Labute approximate surface area is 118 Å². The van der Waals surface area contributed by atoms with Gasteiger partial charge >= 0.3 is 0 Å². The molecule has 0 unspecified atom stereocenters. The average Bonchev–Trinajstić information content (AvgIpc) is 2.34. The molecule has 6 nitrogen and oxygen atoms in total. The maximum Gasteiger partial charge on any atom is 0.252 e. The van der Waals surface area contributed by atoms with Crippen LogP contribution >= 0.6 is 0 Å². The monoisotopic (exact) mass is 296 g/mol. The summed E-state index contributed by atoms with van der Waals surface area (Å²) in [5.74, 6) is 4.40. The topological polar surface area (TPSA) is 109 Å². The van der Waals surface area contributed by atoms with Gasteiger partial charge in [0.05, 0.1) is 11.3 Å². The number of hydrogen-bond donors (Lipinski definition) is 3. The van der Waals surface area contributed by atoms with E-state index in [2.05, 4.69) is 17.2 Å². The molecule has 7 heteroatoms. The molecule has 0 aliphatic carbocycles. The molecule has 0 aliphatic heterocycles. The van der Waals surface area contributed by atoms with Crippen LogP contribution in [0.2, 0.25) is 0 Å². The third-order valence-electron chi connectivity index (χ3n) is 2.39. The van der Waals surface area contributed by atoms with E-state index in [1.54, 1.807) is 18.2 Å². The number of sulfonamides is 1. The van der Waals surface area contributed by atoms with Crippen LogP contribution in [0.15, 0.2) is 18.2 Å². The van der Waals surface area contributed by atoms with Gasteiger partial charge in [0.25, 0.3) is 5.91 Å². The van der Waals surface area contributed by atoms with E-state index in [1.807, 2.05) is 6.92 Å². The van der Waals surface area contributed by atoms with Crippen LogP contribution in [0, 0.1) is 18.8 Å². The van der Waals surface area contributed by atoms with Crippen molar-refractivity contribution in [3.8, 4) is 11.8 Å². The number of amides is 1. The van der Waals surface area contributed by atoms with Crippen LogP contribution in [0.5, 0.6) is 0 Å². The van der Waals surface area contributed by atoms with Crippen molar-refractivity contribution in [2.24, 2.45) is 5.14 Å². The minimum absolute atomic E-state index is 0.0710. The third-order valence-corrected chi connectivity index (χ3v) is 3.17. The first kappa shape index (κ1) is 16.2. The molecule has 1 aromatic rings. The molecule has 0 radical (unpaired) electrons. The van der Waals surface area contributed by atoms with Crippen LogP contribution < -0.4 is 10.5 Å². The second kappa shape index (κ2) is 7.05. The average molecular weight is 296 g/mol. The zero-order valence-electron chi connectivity index (χ0n) is 11.0. The van der Waals surface area contributed by atoms with Gasteiger partial charge in [0, 0.05) is 12.1 Å². The normalized spacial score (nSPS) is 10.6. The first-order valence-electron chi connectivity index (χ1n) is 5.82. The fraction of sp³-hybridized carbons (Fsp3) is 0.308. The molecule has 0 bridgehead atoms. The SMILES string of the molecule is Cc1ccc(C(=O)NCCS(N)(=O)=O)c(C#CCO)c1. The Hall–Kier alpha value is -1.88. The number of primary sulfonamides is 1. The van der Waals surface area contributed by atoms with Gasteiger partial charge in [-0.1, -0.05) is 17.9 Å². The molecular formula is C13H16N2O4S. The number of rotatable bonds is 4. The Morgan fingerprint density at radius 3 is 2.75 bits per heavy atom. The molecule has 108 valence electrons. The van der Waals surface area contributed by atoms with E-state index < -0.39 is 15.9 Å². The lowest BCUT2D eigenvalue weighted by atomic mass is 10.0. The maximum absolute atomic E-state index is 11.9. The Morgan fingerprint density at radius 1 is 1.45 bits per heavy atom. The highest BCUT2D eigenvalue weighted by Gasteiger charge is 2.11. The van der Waals surface area contributed by atoms with Crippen molar-refractivity contribution in [1.29, 1.82) is 0 Å². The number of hydrogen-bond acceptors (Lipinski definition) is 4. The minimum Gasteiger partial charge on any atom is -0.384 e. The van der Waals surface area contributed by atoms with Gasteiger partial charge in [-0.25, -0.2) is 13.6 Å². The number of aliphatic hydroxyl groups is 1. The number of aliphatic hydroxyl groups excluding tert-OH is 1. The number of nitrogens with one attached hydrogen (secondary N) is 1. The van der Waals surface area contributed by atoms with Crippen LogP contribution in [0.1, 0.15) is 21.5 Å². The lowest BCUT2D eigenvalue weighted by molar-refractivity contribution is 0.0956. The molecule has 20 heavy (non-hydrogen) atoms. The molecule has 1 aromatic carbocycles. The molecule has 0 fully saturated rings. The molecule has 0 aromatic heterocycles. The van der Waals surface area contributed by atoms with Gasteiger partial charge in [-0.2, -0.15) is 0 Å². The molecule has 0 aliphatic rings. The lowest BCUT2D eigenvalue weighted by Gasteiger charge is -2.07. The van der Waals surface area contributed by atoms with E-state index in [0.29, 0.717) is 11.1 Å². The molecule has 0 atom stereocenters. The molecule has 0 spiro atoms. The Morgan fingerprint density at radius 2 is 2.15 bits per heavy atom. The summed E-state index contributed by atoms with van der Waals surface area (Å²) in [5.41, 5.74) is 1.73. The van der Waals surface area contributed by atoms with E-state index in [9.17, 15) is 13.2 Å². The van der Waals surface area contributed by atoms with Gasteiger partial charge in [-0.3, -0.25) is 4.79 Å². The molecular weight excluding hydrogens is 280 g/mol. The first-order valence-corrected chi connectivity index (χ1v) is 7.54. The quantitative estimate of drug-likeness (QED) is 0.642. The standard InChI is InChI=1S/C13H16N2O4S/c1-10-4-5-12(11(9-10)3-2-7-16)13(17)15-6-8-20(14,18)19/h4-5,9,16H,6-8H2,1H3,(H,15,17)(H2,14,18,19). The van der Waals surface area contributed by atoms with E-state index >= 15 is 0 Å². The summed E-state index contributed by atoms with van der Waals surface area (Å²) in [6.45, 7) is 1.48. The van der Waals surface area contributed by atoms with Crippen molar-refractivity contribution in [2.45, 2.75) is 6.92 Å². The van der Waals surface area contributed by atoms with Crippen molar-refractivity contribution in [1.82, 2.24) is 5.32 Å².